The summed E-state index contributed by atoms with van der Waals surface area (Å²) in [4.78, 5) is 16.1. The summed E-state index contributed by atoms with van der Waals surface area (Å²) in [5.74, 6) is 1.24. The highest BCUT2D eigenvalue weighted by Gasteiger charge is 2.30. The minimum Gasteiger partial charge on any atom is -0.444 e. The van der Waals surface area contributed by atoms with Crippen molar-refractivity contribution in [3.63, 3.8) is 0 Å². The molecule has 1 saturated heterocycles. The zero-order chi connectivity index (χ0) is 20.9. The maximum absolute atomic E-state index is 11.7. The van der Waals surface area contributed by atoms with E-state index in [0.717, 1.165) is 23.3 Å². The lowest BCUT2D eigenvalue weighted by molar-refractivity contribution is 0.0691. The number of hydrogen-bond donors (Lipinski definition) is 3. The molecule has 3 aromatic rings. The molecule has 1 aliphatic rings. The number of nitrogens with one attached hydrogen (secondary N) is 3. The number of alkyl carbamates (subject to hydrolysis) is 1. The molecular weight excluding hydrogens is 390 g/mol. The molecular formula is C19H25N7O4. The van der Waals surface area contributed by atoms with Crippen LogP contribution in [0.5, 0.6) is 0 Å². The van der Waals surface area contributed by atoms with Gasteiger partial charge in [-0.1, -0.05) is 6.92 Å². The minimum absolute atomic E-state index is 0.218. The third-order valence-corrected chi connectivity index (χ3v) is 4.68. The first-order valence-corrected chi connectivity index (χ1v) is 9.87. The molecule has 0 saturated carbocycles. The van der Waals surface area contributed by atoms with Gasteiger partial charge in [0.05, 0.1) is 24.6 Å². The van der Waals surface area contributed by atoms with Crippen molar-refractivity contribution in [2.24, 2.45) is 0 Å². The summed E-state index contributed by atoms with van der Waals surface area (Å²) >= 11 is 0. The number of fused-ring (bicyclic) bond motifs is 1. The van der Waals surface area contributed by atoms with Gasteiger partial charge in [0.2, 0.25) is 0 Å². The molecule has 3 N–H and O–H groups in total. The second-order valence-electron chi connectivity index (χ2n) is 7.02. The summed E-state index contributed by atoms with van der Waals surface area (Å²) in [5, 5.41) is 17.6. The number of ether oxygens (including phenoxy) is 3. The van der Waals surface area contributed by atoms with Gasteiger partial charge in [-0.3, -0.25) is 5.10 Å². The minimum atomic E-state index is -0.411. The molecule has 1 amide bonds. The van der Waals surface area contributed by atoms with Crippen molar-refractivity contribution in [1.82, 2.24) is 30.1 Å². The van der Waals surface area contributed by atoms with E-state index < -0.39 is 6.09 Å². The molecule has 4 rings (SSSR count). The van der Waals surface area contributed by atoms with Crippen LogP contribution in [0.2, 0.25) is 0 Å². The van der Waals surface area contributed by atoms with E-state index in [-0.39, 0.29) is 12.2 Å². The third kappa shape index (κ3) is 4.52. The van der Waals surface area contributed by atoms with E-state index in [4.69, 9.17) is 14.2 Å². The molecule has 3 aromatic heterocycles. The fraction of sp³-hybridized carbons (Fsp3) is 0.474. The number of hydrogen-bond acceptors (Lipinski definition) is 8. The van der Waals surface area contributed by atoms with Crippen LogP contribution in [0.1, 0.15) is 37.3 Å². The van der Waals surface area contributed by atoms with Crippen molar-refractivity contribution in [2.45, 2.75) is 38.6 Å². The van der Waals surface area contributed by atoms with Crippen molar-refractivity contribution >= 4 is 23.2 Å². The smallest absolute Gasteiger partial charge is 0.407 e. The van der Waals surface area contributed by atoms with Crippen LogP contribution in [-0.2, 0) is 20.8 Å². The zero-order valence-corrected chi connectivity index (χ0v) is 16.9. The molecule has 30 heavy (non-hydrogen) atoms. The number of aromatic amines is 1. The number of carbonyl (C=O) groups is 1. The van der Waals surface area contributed by atoms with Gasteiger partial charge in [0.1, 0.15) is 17.7 Å². The van der Waals surface area contributed by atoms with Crippen molar-refractivity contribution in [2.75, 3.05) is 25.6 Å². The number of amides is 1. The average molecular weight is 415 g/mol. The summed E-state index contributed by atoms with van der Waals surface area (Å²) in [5.41, 5.74) is 2.43. The quantitative estimate of drug-likeness (QED) is 0.511. The van der Waals surface area contributed by atoms with Gasteiger partial charge in [-0.05, 0) is 12.5 Å². The molecule has 0 radical (unpaired) electrons. The van der Waals surface area contributed by atoms with Gasteiger partial charge in [-0.2, -0.15) is 10.2 Å². The number of nitrogens with zero attached hydrogens (tertiary/aromatic N) is 4. The van der Waals surface area contributed by atoms with Gasteiger partial charge in [0.15, 0.2) is 11.6 Å². The Balaban J connectivity index is 1.39. The molecule has 160 valence electrons. The van der Waals surface area contributed by atoms with E-state index in [1.807, 2.05) is 19.1 Å². The molecule has 1 aliphatic heterocycles. The van der Waals surface area contributed by atoms with Crippen LogP contribution in [0, 0.1) is 0 Å². The largest absolute Gasteiger partial charge is 0.444 e. The van der Waals surface area contributed by atoms with E-state index in [1.165, 1.54) is 0 Å². The number of aromatic nitrogens is 5. The Morgan fingerprint density at radius 3 is 3.17 bits per heavy atom. The molecule has 0 spiro atoms. The summed E-state index contributed by atoms with van der Waals surface area (Å²) in [6.45, 7) is 3.36. The lowest BCUT2D eigenvalue weighted by atomic mass is 10.1. The average Bonchev–Trinajstić information content (AvgIpc) is 3.46. The SMILES string of the molecule is CCCNC(=O)OC1COC(c2cc(Nc3nccn4nc(COC)cc34)n[nH]2)C1. The van der Waals surface area contributed by atoms with Crippen LogP contribution in [0.25, 0.3) is 5.52 Å². The van der Waals surface area contributed by atoms with Crippen molar-refractivity contribution in [1.29, 1.82) is 0 Å². The number of methoxy groups -OCH3 is 1. The molecule has 4 heterocycles. The number of carbonyl (C=O) groups excluding carboxylic acids is 1. The van der Waals surface area contributed by atoms with Gasteiger partial charge in [0, 0.05) is 38.5 Å². The second-order valence-corrected chi connectivity index (χ2v) is 7.02. The Bertz CT molecular complexity index is 1000. The van der Waals surface area contributed by atoms with Gasteiger partial charge in [0.25, 0.3) is 0 Å². The van der Waals surface area contributed by atoms with E-state index in [2.05, 4.69) is 30.9 Å². The fourth-order valence-electron chi connectivity index (χ4n) is 3.29. The number of H-pyrrole nitrogens is 1. The first-order valence-electron chi connectivity index (χ1n) is 9.87. The van der Waals surface area contributed by atoms with Crippen LogP contribution in [0.15, 0.2) is 24.5 Å². The van der Waals surface area contributed by atoms with Gasteiger partial charge in [-0.15, -0.1) is 0 Å². The maximum Gasteiger partial charge on any atom is 0.407 e. The molecule has 0 bridgehead atoms. The molecule has 11 heteroatoms. The Labute approximate surface area is 173 Å². The standard InChI is InChI=1S/C19H25N7O4/c1-3-4-21-19(27)30-13-8-16(29-11-13)14-9-17(24-23-14)22-18-15-7-12(10-28-2)25-26(15)6-5-20-18/h5-7,9,13,16H,3-4,8,10-11H2,1-2H3,(H,21,27)(H2,20,22,23,24). The van der Waals surface area contributed by atoms with E-state index in [0.29, 0.717) is 37.8 Å². The highest BCUT2D eigenvalue weighted by Crippen LogP contribution is 2.31. The predicted octanol–water partition coefficient (Wildman–Crippen LogP) is 2.31. The number of rotatable bonds is 8. The zero-order valence-electron chi connectivity index (χ0n) is 16.9. The van der Waals surface area contributed by atoms with E-state index in [1.54, 1.807) is 24.0 Å². The summed E-state index contributed by atoms with van der Waals surface area (Å²) in [6, 6.07) is 3.78. The highest BCUT2D eigenvalue weighted by atomic mass is 16.6. The van der Waals surface area contributed by atoms with Crippen LogP contribution < -0.4 is 10.6 Å². The molecule has 0 aliphatic carbocycles. The maximum atomic E-state index is 11.7. The lowest BCUT2D eigenvalue weighted by Gasteiger charge is -2.10. The van der Waals surface area contributed by atoms with Crippen LogP contribution in [-0.4, -0.2) is 57.3 Å². The van der Waals surface area contributed by atoms with E-state index >= 15 is 0 Å². The molecule has 2 atom stereocenters. The second kappa shape index (κ2) is 9.09. The predicted molar refractivity (Wildman–Crippen MR) is 107 cm³/mol. The van der Waals surface area contributed by atoms with Gasteiger partial charge >= 0.3 is 6.09 Å². The first kappa shape index (κ1) is 20.1. The van der Waals surface area contributed by atoms with Crippen molar-refractivity contribution in [3.8, 4) is 0 Å². The van der Waals surface area contributed by atoms with Gasteiger partial charge < -0.3 is 24.8 Å². The normalized spacial score (nSPS) is 18.6. The topological polar surface area (TPSA) is 128 Å². The van der Waals surface area contributed by atoms with Crippen LogP contribution in [0.4, 0.5) is 16.4 Å². The number of anilines is 2. The molecule has 1 fully saturated rings. The first-order chi connectivity index (χ1) is 14.7. The van der Waals surface area contributed by atoms with E-state index in [9.17, 15) is 4.79 Å². The van der Waals surface area contributed by atoms with Crippen molar-refractivity contribution in [3.05, 3.63) is 35.9 Å². The fourth-order valence-corrected chi connectivity index (χ4v) is 3.29. The Kier molecular flexibility index (Phi) is 6.10. The van der Waals surface area contributed by atoms with Crippen LogP contribution >= 0.6 is 0 Å². The monoisotopic (exact) mass is 415 g/mol. The molecule has 11 nitrogen and oxygen atoms in total. The Morgan fingerprint density at radius 2 is 2.33 bits per heavy atom. The lowest BCUT2D eigenvalue weighted by Crippen LogP contribution is -2.29. The Hall–Kier alpha value is -3.18. The summed E-state index contributed by atoms with van der Waals surface area (Å²) in [7, 11) is 1.63. The molecule has 0 aromatic carbocycles. The third-order valence-electron chi connectivity index (χ3n) is 4.68. The summed E-state index contributed by atoms with van der Waals surface area (Å²) in [6.07, 6.45) is 3.95. The van der Waals surface area contributed by atoms with Crippen molar-refractivity contribution < 1.29 is 19.0 Å². The molecule has 2 unspecified atom stereocenters. The Morgan fingerprint density at radius 1 is 1.43 bits per heavy atom. The highest BCUT2D eigenvalue weighted by molar-refractivity contribution is 5.72. The van der Waals surface area contributed by atoms with Crippen LogP contribution in [0.3, 0.4) is 0 Å². The van der Waals surface area contributed by atoms with Gasteiger partial charge in [-0.25, -0.2) is 14.3 Å². The summed E-state index contributed by atoms with van der Waals surface area (Å²) < 4.78 is 18.0.